The van der Waals surface area contributed by atoms with Gasteiger partial charge in [0.2, 0.25) is 0 Å². The SMILES string of the molecule is CNC[C@@H](OC)[C@@H](OC)[C@H](OC)[C@@H](OC)C(=O)O. The van der Waals surface area contributed by atoms with E-state index in [1.165, 1.54) is 28.4 Å². The summed E-state index contributed by atoms with van der Waals surface area (Å²) in [6.07, 6.45) is -2.79. The first-order valence-electron chi connectivity index (χ1n) is 5.55. The van der Waals surface area contributed by atoms with Gasteiger partial charge in [0.25, 0.3) is 0 Å². The van der Waals surface area contributed by atoms with Crippen LogP contribution >= 0.6 is 0 Å². The molecule has 108 valence electrons. The molecule has 0 saturated carbocycles. The third-order valence-electron chi connectivity index (χ3n) is 2.74. The summed E-state index contributed by atoms with van der Waals surface area (Å²) in [5.74, 6) is -1.11. The molecule has 18 heavy (non-hydrogen) atoms. The average Bonchev–Trinajstić information content (AvgIpc) is 2.36. The quantitative estimate of drug-likeness (QED) is 0.543. The summed E-state index contributed by atoms with van der Waals surface area (Å²) in [6, 6.07) is 0. The minimum atomic E-state index is -1.12. The van der Waals surface area contributed by atoms with Gasteiger partial charge in [-0.2, -0.15) is 0 Å². The van der Waals surface area contributed by atoms with Gasteiger partial charge in [-0.1, -0.05) is 0 Å². The average molecular weight is 265 g/mol. The predicted octanol–water partition coefficient (Wildman–Crippen LogP) is -0.650. The summed E-state index contributed by atoms with van der Waals surface area (Å²) in [5.41, 5.74) is 0. The molecule has 0 heterocycles. The smallest absolute Gasteiger partial charge is 0.335 e. The summed E-state index contributed by atoms with van der Waals surface area (Å²) < 4.78 is 20.7. The molecule has 0 amide bonds. The zero-order chi connectivity index (χ0) is 14.1. The molecule has 4 atom stereocenters. The van der Waals surface area contributed by atoms with Crippen molar-refractivity contribution in [1.29, 1.82) is 0 Å². The van der Waals surface area contributed by atoms with E-state index in [4.69, 9.17) is 24.1 Å². The van der Waals surface area contributed by atoms with Crippen LogP contribution in [0.25, 0.3) is 0 Å². The van der Waals surface area contributed by atoms with Gasteiger partial charge in [0.15, 0.2) is 6.10 Å². The van der Waals surface area contributed by atoms with Crippen molar-refractivity contribution in [1.82, 2.24) is 5.32 Å². The Morgan fingerprint density at radius 1 is 1.06 bits per heavy atom. The number of nitrogens with one attached hydrogen (secondary N) is 1. The Morgan fingerprint density at radius 3 is 1.89 bits per heavy atom. The van der Waals surface area contributed by atoms with Crippen molar-refractivity contribution in [2.45, 2.75) is 24.4 Å². The van der Waals surface area contributed by atoms with Crippen LogP contribution in [0.15, 0.2) is 0 Å². The molecule has 0 aliphatic heterocycles. The summed E-state index contributed by atoms with van der Waals surface area (Å²) in [7, 11) is 7.51. The molecule has 0 aliphatic carbocycles. The number of rotatable bonds is 10. The third-order valence-corrected chi connectivity index (χ3v) is 2.74. The fraction of sp³-hybridized carbons (Fsp3) is 0.909. The van der Waals surface area contributed by atoms with Crippen LogP contribution in [0.3, 0.4) is 0 Å². The van der Waals surface area contributed by atoms with Crippen molar-refractivity contribution in [3.05, 3.63) is 0 Å². The van der Waals surface area contributed by atoms with Crippen LogP contribution in [0.4, 0.5) is 0 Å². The Kier molecular flexibility index (Phi) is 8.86. The lowest BCUT2D eigenvalue weighted by molar-refractivity contribution is -0.176. The molecule has 0 aliphatic rings. The van der Waals surface area contributed by atoms with Gasteiger partial charge in [-0.15, -0.1) is 0 Å². The van der Waals surface area contributed by atoms with Crippen LogP contribution < -0.4 is 5.32 Å². The Hall–Kier alpha value is -0.730. The Bertz CT molecular complexity index is 238. The van der Waals surface area contributed by atoms with Crippen LogP contribution in [0.2, 0.25) is 0 Å². The summed E-state index contributed by atoms with van der Waals surface area (Å²) in [5, 5.41) is 12.0. The molecule has 0 aromatic heterocycles. The number of carboxylic acids is 1. The van der Waals surface area contributed by atoms with E-state index in [0.29, 0.717) is 6.54 Å². The van der Waals surface area contributed by atoms with E-state index in [0.717, 1.165) is 0 Å². The number of carbonyl (C=O) groups is 1. The fourth-order valence-corrected chi connectivity index (χ4v) is 1.84. The lowest BCUT2D eigenvalue weighted by Gasteiger charge is -2.33. The Labute approximate surface area is 107 Å². The zero-order valence-electron chi connectivity index (χ0n) is 11.5. The third kappa shape index (κ3) is 4.51. The second-order valence-corrected chi connectivity index (χ2v) is 3.73. The molecule has 2 N–H and O–H groups in total. The standard InChI is InChI=1S/C11H23NO6/c1-12-6-7(15-2)8(16-3)9(17-4)10(18-5)11(13)14/h7-10,12H,6H2,1-5H3,(H,13,14)/t7-,8-,9+,10-/m1/s1. The van der Waals surface area contributed by atoms with Crippen molar-refractivity contribution in [3.63, 3.8) is 0 Å². The number of hydrogen-bond acceptors (Lipinski definition) is 6. The largest absolute Gasteiger partial charge is 0.479 e. The van der Waals surface area contributed by atoms with Crippen LogP contribution in [0.1, 0.15) is 0 Å². The Morgan fingerprint density at radius 2 is 1.61 bits per heavy atom. The normalized spacial score (nSPS) is 18.1. The van der Waals surface area contributed by atoms with Gasteiger partial charge in [-0.25, -0.2) is 4.79 Å². The van der Waals surface area contributed by atoms with Gasteiger partial charge in [0, 0.05) is 35.0 Å². The monoisotopic (exact) mass is 265 g/mol. The van der Waals surface area contributed by atoms with Gasteiger partial charge in [0.05, 0.1) is 6.10 Å². The number of likely N-dealkylation sites (N-methyl/N-ethyl adjacent to an activating group) is 1. The molecule has 0 radical (unpaired) electrons. The topological polar surface area (TPSA) is 86.3 Å². The molecular weight excluding hydrogens is 242 g/mol. The molecule has 0 aromatic carbocycles. The van der Waals surface area contributed by atoms with E-state index in [1.807, 2.05) is 0 Å². The van der Waals surface area contributed by atoms with Crippen LogP contribution in [0.5, 0.6) is 0 Å². The van der Waals surface area contributed by atoms with E-state index < -0.39 is 24.3 Å². The summed E-state index contributed by atoms with van der Waals surface area (Å²) in [6.45, 7) is 0.505. The number of methoxy groups -OCH3 is 4. The minimum absolute atomic E-state index is 0.345. The molecule has 0 aromatic rings. The predicted molar refractivity (Wildman–Crippen MR) is 64.8 cm³/mol. The second-order valence-electron chi connectivity index (χ2n) is 3.73. The first-order chi connectivity index (χ1) is 8.56. The lowest BCUT2D eigenvalue weighted by Crippen LogP contribution is -2.53. The van der Waals surface area contributed by atoms with Crippen molar-refractivity contribution >= 4 is 5.97 Å². The molecular formula is C11H23NO6. The molecule has 0 saturated heterocycles. The first kappa shape index (κ1) is 17.3. The van der Waals surface area contributed by atoms with Crippen molar-refractivity contribution in [3.8, 4) is 0 Å². The molecule has 0 unspecified atom stereocenters. The van der Waals surface area contributed by atoms with E-state index in [9.17, 15) is 4.79 Å². The van der Waals surface area contributed by atoms with E-state index in [-0.39, 0.29) is 6.10 Å². The summed E-state index contributed by atoms with van der Waals surface area (Å²) >= 11 is 0. The van der Waals surface area contributed by atoms with Crippen LogP contribution in [-0.4, -0.2) is 77.5 Å². The minimum Gasteiger partial charge on any atom is -0.479 e. The maximum atomic E-state index is 11.1. The molecule has 0 rings (SSSR count). The van der Waals surface area contributed by atoms with Crippen LogP contribution in [-0.2, 0) is 23.7 Å². The molecule has 0 fully saturated rings. The van der Waals surface area contributed by atoms with Crippen molar-refractivity contribution in [2.75, 3.05) is 42.0 Å². The highest BCUT2D eigenvalue weighted by Gasteiger charge is 2.39. The highest BCUT2D eigenvalue weighted by Crippen LogP contribution is 2.16. The summed E-state index contributed by atoms with van der Waals surface area (Å²) in [4.78, 5) is 11.1. The highest BCUT2D eigenvalue weighted by atomic mass is 16.6. The van der Waals surface area contributed by atoms with Crippen LogP contribution in [0, 0.1) is 0 Å². The second kappa shape index (κ2) is 9.23. The van der Waals surface area contributed by atoms with Gasteiger partial charge in [-0.05, 0) is 7.05 Å². The first-order valence-corrected chi connectivity index (χ1v) is 5.55. The Balaban J connectivity index is 4.99. The van der Waals surface area contributed by atoms with E-state index >= 15 is 0 Å². The van der Waals surface area contributed by atoms with E-state index in [1.54, 1.807) is 7.05 Å². The molecule has 0 spiro atoms. The fourth-order valence-electron chi connectivity index (χ4n) is 1.84. The van der Waals surface area contributed by atoms with Gasteiger partial charge in [0.1, 0.15) is 12.2 Å². The maximum Gasteiger partial charge on any atom is 0.335 e. The number of aliphatic carboxylic acids is 1. The lowest BCUT2D eigenvalue weighted by atomic mass is 10.0. The van der Waals surface area contributed by atoms with Crippen molar-refractivity contribution in [2.24, 2.45) is 0 Å². The number of carboxylic acid groups (broad SMARTS) is 1. The highest BCUT2D eigenvalue weighted by molar-refractivity contribution is 5.73. The van der Waals surface area contributed by atoms with Gasteiger partial charge >= 0.3 is 5.97 Å². The number of hydrogen-bond donors (Lipinski definition) is 2. The van der Waals surface area contributed by atoms with Gasteiger partial charge < -0.3 is 29.4 Å². The molecule has 7 nitrogen and oxygen atoms in total. The van der Waals surface area contributed by atoms with Crippen molar-refractivity contribution < 1.29 is 28.8 Å². The van der Waals surface area contributed by atoms with Gasteiger partial charge in [-0.3, -0.25) is 0 Å². The number of ether oxygens (including phenoxy) is 4. The van der Waals surface area contributed by atoms with E-state index in [2.05, 4.69) is 5.32 Å². The molecule has 7 heteroatoms. The maximum absolute atomic E-state index is 11.1. The zero-order valence-corrected chi connectivity index (χ0v) is 11.5. The molecule has 0 bridgehead atoms.